The number of nitrogens with two attached hydrogens (primary N) is 1. The van der Waals surface area contributed by atoms with Gasteiger partial charge < -0.3 is 10.5 Å². The van der Waals surface area contributed by atoms with Gasteiger partial charge >= 0.3 is 0 Å². The number of halogens is 2. The zero-order valence-corrected chi connectivity index (χ0v) is 14.3. The third kappa shape index (κ3) is 4.73. The van der Waals surface area contributed by atoms with Crippen molar-refractivity contribution in [1.82, 2.24) is 0 Å². The minimum absolute atomic E-state index is 0.120. The Hall–Kier alpha value is -1.03. The lowest BCUT2D eigenvalue weighted by Crippen LogP contribution is -2.21. The van der Waals surface area contributed by atoms with Crippen LogP contribution < -0.4 is 10.5 Å². The Morgan fingerprint density at radius 2 is 1.95 bits per heavy atom. The molecule has 1 atom stereocenters. The van der Waals surface area contributed by atoms with Crippen LogP contribution in [0.1, 0.15) is 24.5 Å². The van der Waals surface area contributed by atoms with Crippen LogP contribution in [0.25, 0.3) is 0 Å². The van der Waals surface area contributed by atoms with E-state index in [0.29, 0.717) is 11.6 Å². The van der Waals surface area contributed by atoms with Crippen molar-refractivity contribution in [2.75, 3.05) is 0 Å². The van der Waals surface area contributed by atoms with Crippen molar-refractivity contribution in [1.29, 1.82) is 0 Å². The maximum absolute atomic E-state index is 6.08. The number of benzene rings is 2. The predicted molar refractivity (Wildman–Crippen MR) is 91.9 cm³/mol. The maximum atomic E-state index is 6.08. The first-order chi connectivity index (χ1) is 10.1. The van der Waals surface area contributed by atoms with Crippen LogP contribution in [0.2, 0.25) is 5.02 Å². The monoisotopic (exact) mass is 367 g/mol. The van der Waals surface area contributed by atoms with Gasteiger partial charge in [0.2, 0.25) is 0 Å². The predicted octanol–water partition coefficient (Wildman–Crippen LogP) is 4.96. The second kappa shape index (κ2) is 7.83. The molecule has 0 bridgehead atoms. The molecule has 2 aromatic rings. The summed E-state index contributed by atoms with van der Waals surface area (Å²) in [7, 11) is 0. The Kier molecular flexibility index (Phi) is 6.09. The Morgan fingerprint density at radius 1 is 1.19 bits per heavy atom. The number of hydrogen-bond donors (Lipinski definition) is 1. The number of ether oxygens (including phenoxy) is 1. The van der Waals surface area contributed by atoms with E-state index >= 15 is 0 Å². The fourth-order valence-electron chi connectivity index (χ4n) is 2.05. The third-order valence-corrected chi connectivity index (χ3v) is 4.38. The highest BCUT2D eigenvalue weighted by Gasteiger charge is 2.10. The molecule has 4 heteroatoms. The van der Waals surface area contributed by atoms with E-state index in [0.717, 1.165) is 34.2 Å². The topological polar surface area (TPSA) is 35.2 Å². The zero-order valence-electron chi connectivity index (χ0n) is 12.0. The normalized spacial score (nSPS) is 12.2. The summed E-state index contributed by atoms with van der Waals surface area (Å²) in [6.45, 7) is 2.59. The van der Waals surface area contributed by atoms with Gasteiger partial charge in [-0.15, -0.1) is 0 Å². The molecule has 0 fully saturated rings. The van der Waals surface area contributed by atoms with Crippen LogP contribution in [0.4, 0.5) is 0 Å². The Bertz CT molecular complexity index is 603. The second-order valence-electron chi connectivity index (χ2n) is 5.00. The van der Waals surface area contributed by atoms with Crippen LogP contribution in [0.15, 0.2) is 46.9 Å². The van der Waals surface area contributed by atoms with E-state index < -0.39 is 0 Å². The van der Waals surface area contributed by atoms with Gasteiger partial charge in [0.15, 0.2) is 0 Å². The van der Waals surface area contributed by atoms with Crippen molar-refractivity contribution < 1.29 is 4.74 Å². The molecule has 0 radical (unpaired) electrons. The minimum Gasteiger partial charge on any atom is -0.489 e. The molecule has 0 aliphatic carbocycles. The fourth-order valence-corrected chi connectivity index (χ4v) is 2.64. The first-order valence-electron chi connectivity index (χ1n) is 7.00. The van der Waals surface area contributed by atoms with E-state index in [9.17, 15) is 0 Å². The lowest BCUT2D eigenvalue weighted by atomic mass is 10.0. The van der Waals surface area contributed by atoms with E-state index in [-0.39, 0.29) is 6.04 Å². The van der Waals surface area contributed by atoms with Gasteiger partial charge in [0, 0.05) is 21.1 Å². The van der Waals surface area contributed by atoms with Crippen LogP contribution in [-0.4, -0.2) is 6.04 Å². The molecule has 2 rings (SSSR count). The third-order valence-electron chi connectivity index (χ3n) is 3.37. The molecule has 0 amide bonds. The van der Waals surface area contributed by atoms with E-state index in [2.05, 4.69) is 22.9 Å². The summed E-state index contributed by atoms with van der Waals surface area (Å²) in [6.07, 6.45) is 1.69. The molecule has 2 N–H and O–H groups in total. The fraction of sp³-hybridized carbons (Fsp3) is 0.294. The molecule has 0 aliphatic rings. The lowest BCUT2D eigenvalue weighted by molar-refractivity contribution is 0.301. The molecule has 2 aromatic carbocycles. The highest BCUT2D eigenvalue weighted by Crippen LogP contribution is 2.26. The van der Waals surface area contributed by atoms with E-state index in [1.54, 1.807) is 0 Å². The van der Waals surface area contributed by atoms with Gasteiger partial charge in [-0.25, -0.2) is 0 Å². The summed E-state index contributed by atoms with van der Waals surface area (Å²) in [5.74, 6) is 0.846. The smallest absolute Gasteiger partial charge is 0.123 e. The van der Waals surface area contributed by atoms with Gasteiger partial charge in [-0.2, -0.15) is 0 Å². The minimum atomic E-state index is 0.120. The summed E-state index contributed by atoms with van der Waals surface area (Å²) in [5.41, 5.74) is 8.22. The summed E-state index contributed by atoms with van der Waals surface area (Å²) < 4.78 is 7.01. The molecule has 0 saturated heterocycles. The highest BCUT2D eigenvalue weighted by atomic mass is 79.9. The van der Waals surface area contributed by atoms with E-state index in [4.69, 9.17) is 22.1 Å². The first-order valence-corrected chi connectivity index (χ1v) is 8.17. The Balaban J connectivity index is 2.14. The Morgan fingerprint density at radius 3 is 2.67 bits per heavy atom. The van der Waals surface area contributed by atoms with Crippen LogP contribution >= 0.6 is 27.5 Å². The molecule has 0 saturated carbocycles. The van der Waals surface area contributed by atoms with Crippen molar-refractivity contribution in [2.24, 2.45) is 5.73 Å². The largest absolute Gasteiger partial charge is 0.489 e. The number of rotatable bonds is 6. The average Bonchev–Trinajstić information content (AvgIpc) is 2.48. The molecule has 0 spiro atoms. The summed E-state index contributed by atoms with van der Waals surface area (Å²) in [5, 5.41) is 0.710. The maximum Gasteiger partial charge on any atom is 0.123 e. The second-order valence-corrected chi connectivity index (χ2v) is 6.30. The van der Waals surface area contributed by atoms with Crippen LogP contribution in [-0.2, 0) is 13.0 Å². The van der Waals surface area contributed by atoms with Gasteiger partial charge in [0.05, 0.1) is 0 Å². The zero-order chi connectivity index (χ0) is 15.2. The van der Waals surface area contributed by atoms with Gasteiger partial charge in [0.1, 0.15) is 12.4 Å². The quantitative estimate of drug-likeness (QED) is 0.782. The van der Waals surface area contributed by atoms with Crippen molar-refractivity contribution in [2.45, 2.75) is 32.4 Å². The van der Waals surface area contributed by atoms with E-state index in [1.807, 2.05) is 42.5 Å². The molecule has 0 heterocycles. The molecule has 1 unspecified atom stereocenters. The molecule has 0 aliphatic heterocycles. The average molecular weight is 369 g/mol. The van der Waals surface area contributed by atoms with Gasteiger partial charge in [-0.05, 0) is 42.7 Å². The molecule has 2 nitrogen and oxygen atoms in total. The number of hydrogen-bond acceptors (Lipinski definition) is 2. The molecular weight excluding hydrogens is 350 g/mol. The van der Waals surface area contributed by atoms with Crippen LogP contribution in [0.3, 0.4) is 0 Å². The van der Waals surface area contributed by atoms with Crippen LogP contribution in [0, 0.1) is 0 Å². The molecule has 21 heavy (non-hydrogen) atoms. The first kappa shape index (κ1) is 16.3. The lowest BCUT2D eigenvalue weighted by Gasteiger charge is -2.15. The van der Waals surface area contributed by atoms with Gasteiger partial charge in [-0.1, -0.05) is 52.7 Å². The van der Waals surface area contributed by atoms with Crippen molar-refractivity contribution in [3.63, 3.8) is 0 Å². The van der Waals surface area contributed by atoms with Crippen LogP contribution in [0.5, 0.6) is 5.75 Å². The van der Waals surface area contributed by atoms with Crippen molar-refractivity contribution in [3.05, 3.63) is 63.1 Å². The molecular formula is C17H19BrClNO. The van der Waals surface area contributed by atoms with E-state index in [1.165, 1.54) is 0 Å². The SMILES string of the molecule is CCC(N)Cc1cc(Cl)ccc1OCc1ccccc1Br. The van der Waals surface area contributed by atoms with Crippen molar-refractivity contribution in [3.8, 4) is 5.75 Å². The van der Waals surface area contributed by atoms with Gasteiger partial charge in [-0.3, -0.25) is 0 Å². The Labute approximate surface area is 139 Å². The summed E-state index contributed by atoms with van der Waals surface area (Å²) in [6, 6.07) is 13.8. The molecule has 112 valence electrons. The van der Waals surface area contributed by atoms with Gasteiger partial charge in [0.25, 0.3) is 0 Å². The summed E-state index contributed by atoms with van der Waals surface area (Å²) >= 11 is 9.61. The highest BCUT2D eigenvalue weighted by molar-refractivity contribution is 9.10. The standard InChI is InChI=1S/C17H19BrClNO/c1-2-15(20)10-13-9-14(19)7-8-17(13)21-11-12-5-3-4-6-16(12)18/h3-9,15H,2,10-11,20H2,1H3. The summed E-state index contributed by atoms with van der Waals surface area (Å²) in [4.78, 5) is 0. The van der Waals surface area contributed by atoms with Crippen molar-refractivity contribution >= 4 is 27.5 Å². The molecule has 0 aromatic heterocycles.